The second-order valence-electron chi connectivity index (χ2n) is 5.30. The van der Waals surface area contributed by atoms with Crippen molar-refractivity contribution in [1.29, 1.82) is 0 Å². The maximum Gasteiger partial charge on any atom is 0.227 e. The van der Waals surface area contributed by atoms with Gasteiger partial charge in [0.05, 0.1) is 25.1 Å². The van der Waals surface area contributed by atoms with Crippen molar-refractivity contribution >= 4 is 17.5 Å². The minimum absolute atomic E-state index is 0.0128. The highest BCUT2D eigenvalue weighted by molar-refractivity contribution is 5.88. The molecule has 0 saturated carbocycles. The van der Waals surface area contributed by atoms with Gasteiger partial charge in [-0.25, -0.2) is 0 Å². The summed E-state index contributed by atoms with van der Waals surface area (Å²) in [4.78, 5) is 24.4. The molecule has 1 aromatic carbocycles. The second-order valence-corrected chi connectivity index (χ2v) is 5.30. The summed E-state index contributed by atoms with van der Waals surface area (Å²) in [6.45, 7) is 3.97. The van der Waals surface area contributed by atoms with E-state index in [-0.39, 0.29) is 11.8 Å². The maximum atomic E-state index is 11.9. The fraction of sp³-hybridized carbons (Fsp3) is 0.429. The van der Waals surface area contributed by atoms with Crippen LogP contribution in [0.2, 0.25) is 0 Å². The number of aliphatic hydroxyl groups is 1. The van der Waals surface area contributed by atoms with Gasteiger partial charge in [-0.1, -0.05) is 12.1 Å². The third kappa shape index (κ3) is 3.54. The third-order valence-electron chi connectivity index (χ3n) is 3.05. The Hall–Kier alpha value is -1.88. The van der Waals surface area contributed by atoms with Crippen LogP contribution in [0.15, 0.2) is 24.3 Å². The molecule has 2 rings (SSSR count). The molecular weight excluding hydrogens is 244 g/mol. The number of amides is 2. The SMILES string of the molecule is CC(=O)Nc1ccc(CC(=O)N2CC(C)(O)C2)cc1. The van der Waals surface area contributed by atoms with Crippen LogP contribution in [0.1, 0.15) is 19.4 Å². The zero-order valence-electron chi connectivity index (χ0n) is 11.1. The van der Waals surface area contributed by atoms with Gasteiger partial charge in [0.2, 0.25) is 11.8 Å². The summed E-state index contributed by atoms with van der Waals surface area (Å²) in [5, 5.41) is 12.3. The summed E-state index contributed by atoms with van der Waals surface area (Å²) in [6.07, 6.45) is 0.316. The normalized spacial score (nSPS) is 16.7. The van der Waals surface area contributed by atoms with Crippen molar-refractivity contribution in [2.45, 2.75) is 25.9 Å². The number of benzene rings is 1. The average molecular weight is 262 g/mol. The molecule has 0 bridgehead atoms. The average Bonchev–Trinajstić information content (AvgIpc) is 2.27. The molecule has 1 aliphatic rings. The Morgan fingerprint density at radius 1 is 1.32 bits per heavy atom. The summed E-state index contributed by atoms with van der Waals surface area (Å²) in [6, 6.07) is 7.19. The topological polar surface area (TPSA) is 69.6 Å². The van der Waals surface area contributed by atoms with Gasteiger partial charge in [0.25, 0.3) is 0 Å². The third-order valence-corrected chi connectivity index (χ3v) is 3.05. The zero-order chi connectivity index (χ0) is 14.0. The van der Waals surface area contributed by atoms with E-state index >= 15 is 0 Å². The number of β-amino-alcohol motifs (C(OH)–C–C–N with tert-alkyl or cyclic N) is 1. The fourth-order valence-corrected chi connectivity index (χ4v) is 2.15. The van der Waals surface area contributed by atoms with Gasteiger partial charge < -0.3 is 15.3 Å². The summed E-state index contributed by atoms with van der Waals surface area (Å²) in [5.74, 6) is -0.106. The number of hydrogen-bond acceptors (Lipinski definition) is 3. The lowest BCUT2D eigenvalue weighted by atomic mass is 9.96. The largest absolute Gasteiger partial charge is 0.386 e. The van der Waals surface area contributed by atoms with Crippen molar-refractivity contribution in [2.24, 2.45) is 0 Å². The molecule has 1 fully saturated rings. The first-order valence-electron chi connectivity index (χ1n) is 6.22. The minimum atomic E-state index is -0.731. The fourth-order valence-electron chi connectivity index (χ4n) is 2.15. The van der Waals surface area contributed by atoms with Crippen LogP contribution < -0.4 is 5.32 Å². The molecule has 5 heteroatoms. The summed E-state index contributed by atoms with van der Waals surface area (Å²) in [5.41, 5.74) is 0.881. The smallest absolute Gasteiger partial charge is 0.227 e. The summed E-state index contributed by atoms with van der Waals surface area (Å²) in [7, 11) is 0. The highest BCUT2D eigenvalue weighted by Crippen LogP contribution is 2.21. The molecular formula is C14H18N2O3. The first-order chi connectivity index (χ1) is 8.85. The number of rotatable bonds is 3. The van der Waals surface area contributed by atoms with Crippen LogP contribution in [0, 0.1) is 0 Å². The van der Waals surface area contributed by atoms with E-state index in [2.05, 4.69) is 5.32 Å². The van der Waals surface area contributed by atoms with Crippen molar-refractivity contribution in [2.75, 3.05) is 18.4 Å². The molecule has 0 aromatic heterocycles. The van der Waals surface area contributed by atoms with Crippen LogP contribution in [0.25, 0.3) is 0 Å². The first-order valence-corrected chi connectivity index (χ1v) is 6.22. The predicted octanol–water partition coefficient (Wildman–Crippen LogP) is 0.781. The molecule has 0 aliphatic carbocycles. The van der Waals surface area contributed by atoms with Crippen molar-refractivity contribution in [1.82, 2.24) is 4.90 Å². The van der Waals surface area contributed by atoms with E-state index in [9.17, 15) is 14.7 Å². The van der Waals surface area contributed by atoms with Crippen LogP contribution in [0.3, 0.4) is 0 Å². The number of hydrogen-bond donors (Lipinski definition) is 2. The van der Waals surface area contributed by atoms with Crippen molar-refractivity contribution < 1.29 is 14.7 Å². The van der Waals surface area contributed by atoms with Crippen molar-refractivity contribution in [3.63, 3.8) is 0 Å². The minimum Gasteiger partial charge on any atom is -0.386 e. The van der Waals surface area contributed by atoms with E-state index in [1.807, 2.05) is 12.1 Å². The van der Waals surface area contributed by atoms with Gasteiger partial charge in [-0.3, -0.25) is 9.59 Å². The Balaban J connectivity index is 1.89. The molecule has 0 spiro atoms. The van der Waals surface area contributed by atoms with Crippen LogP contribution in [0.4, 0.5) is 5.69 Å². The molecule has 1 aromatic rings. The van der Waals surface area contributed by atoms with Gasteiger partial charge >= 0.3 is 0 Å². The number of carbonyl (C=O) groups is 2. The molecule has 19 heavy (non-hydrogen) atoms. The Morgan fingerprint density at radius 3 is 2.37 bits per heavy atom. The molecule has 0 unspecified atom stereocenters. The van der Waals surface area contributed by atoms with Crippen LogP contribution in [-0.4, -0.2) is 40.5 Å². The first kappa shape index (κ1) is 13.5. The Kier molecular flexibility index (Phi) is 3.57. The van der Waals surface area contributed by atoms with Gasteiger partial charge in [-0.15, -0.1) is 0 Å². The number of nitrogens with one attached hydrogen (secondary N) is 1. The van der Waals surface area contributed by atoms with Gasteiger partial charge in [0, 0.05) is 12.6 Å². The predicted molar refractivity (Wildman–Crippen MR) is 71.7 cm³/mol. The molecule has 102 valence electrons. The highest BCUT2D eigenvalue weighted by atomic mass is 16.3. The van der Waals surface area contributed by atoms with Gasteiger partial charge in [-0.05, 0) is 24.6 Å². The van der Waals surface area contributed by atoms with Crippen molar-refractivity contribution in [3.05, 3.63) is 29.8 Å². The van der Waals surface area contributed by atoms with Crippen LogP contribution >= 0.6 is 0 Å². The molecule has 0 radical (unpaired) electrons. The highest BCUT2D eigenvalue weighted by Gasteiger charge is 2.38. The zero-order valence-corrected chi connectivity index (χ0v) is 11.1. The molecule has 1 aliphatic heterocycles. The standard InChI is InChI=1S/C14H18N2O3/c1-10(17)15-12-5-3-11(4-6-12)7-13(18)16-8-14(2,19)9-16/h3-6,19H,7-9H2,1-2H3,(H,15,17). The molecule has 2 N–H and O–H groups in total. The summed E-state index contributed by atoms with van der Waals surface area (Å²) >= 11 is 0. The second kappa shape index (κ2) is 5.01. The Labute approximate surface area is 112 Å². The van der Waals surface area contributed by atoms with Gasteiger partial charge in [-0.2, -0.15) is 0 Å². The molecule has 1 saturated heterocycles. The van der Waals surface area contributed by atoms with E-state index in [1.54, 1.807) is 24.0 Å². The lowest BCUT2D eigenvalue weighted by molar-refractivity contribution is -0.151. The van der Waals surface area contributed by atoms with E-state index < -0.39 is 5.60 Å². The maximum absolute atomic E-state index is 11.9. The Morgan fingerprint density at radius 2 is 1.89 bits per heavy atom. The number of nitrogens with zero attached hydrogens (tertiary/aromatic N) is 1. The van der Waals surface area contributed by atoms with Crippen LogP contribution in [0.5, 0.6) is 0 Å². The molecule has 2 amide bonds. The van der Waals surface area contributed by atoms with Crippen LogP contribution in [-0.2, 0) is 16.0 Å². The van der Waals surface area contributed by atoms with Gasteiger partial charge in [0.1, 0.15) is 0 Å². The number of anilines is 1. The van der Waals surface area contributed by atoms with Crippen molar-refractivity contribution in [3.8, 4) is 0 Å². The molecule has 1 heterocycles. The van der Waals surface area contributed by atoms with Gasteiger partial charge in [0.15, 0.2) is 0 Å². The van der Waals surface area contributed by atoms with E-state index in [0.717, 1.165) is 11.3 Å². The van der Waals surface area contributed by atoms with E-state index in [1.165, 1.54) is 6.92 Å². The summed E-state index contributed by atoms with van der Waals surface area (Å²) < 4.78 is 0. The number of likely N-dealkylation sites (tertiary alicyclic amines) is 1. The molecule has 0 atom stereocenters. The number of carbonyl (C=O) groups excluding carboxylic acids is 2. The van der Waals surface area contributed by atoms with E-state index in [0.29, 0.717) is 19.5 Å². The quantitative estimate of drug-likeness (QED) is 0.845. The lowest BCUT2D eigenvalue weighted by Crippen LogP contribution is -2.62. The van der Waals surface area contributed by atoms with E-state index in [4.69, 9.17) is 0 Å². The lowest BCUT2D eigenvalue weighted by Gasteiger charge is -2.44. The monoisotopic (exact) mass is 262 g/mol. The Bertz CT molecular complexity index is 486. The molecule has 5 nitrogen and oxygen atoms in total.